The zero-order chi connectivity index (χ0) is 26.5. The van der Waals surface area contributed by atoms with Gasteiger partial charge in [-0.1, -0.05) is 66.7 Å². The van der Waals surface area contributed by atoms with E-state index < -0.39 is 18.1 Å². The number of fused-ring (bicyclic) bond motifs is 1. The maximum absolute atomic E-state index is 12.4. The van der Waals surface area contributed by atoms with Crippen LogP contribution in [0.2, 0.25) is 0 Å². The number of carbonyl (C=O) groups excluding carboxylic acids is 1. The number of hydrogen-bond acceptors (Lipinski definition) is 5. The molecule has 0 fully saturated rings. The molecule has 0 saturated heterocycles. The molecular formula is C30H29N3O5. The van der Waals surface area contributed by atoms with Crippen LogP contribution in [0.25, 0.3) is 11.3 Å². The van der Waals surface area contributed by atoms with Crippen molar-refractivity contribution in [2.75, 3.05) is 11.9 Å². The summed E-state index contributed by atoms with van der Waals surface area (Å²) in [6.07, 6.45) is -0.647. The number of aliphatic hydroxyl groups excluding tert-OH is 1. The Morgan fingerprint density at radius 1 is 0.974 bits per heavy atom. The molecule has 38 heavy (non-hydrogen) atoms. The van der Waals surface area contributed by atoms with E-state index in [1.807, 2.05) is 71.6 Å². The summed E-state index contributed by atoms with van der Waals surface area (Å²) in [5, 5.41) is 26.5. The van der Waals surface area contributed by atoms with Gasteiger partial charge in [0.15, 0.2) is 6.23 Å². The molecule has 2 atom stereocenters. The van der Waals surface area contributed by atoms with Crippen LogP contribution in [0.15, 0.2) is 95.4 Å². The zero-order valence-electron chi connectivity index (χ0n) is 20.7. The molecule has 4 aromatic rings. The summed E-state index contributed by atoms with van der Waals surface area (Å²) in [5.41, 5.74) is 4.02. The van der Waals surface area contributed by atoms with Crippen molar-refractivity contribution in [2.24, 2.45) is 0 Å². The first kappa shape index (κ1) is 25.3. The van der Waals surface area contributed by atoms with E-state index in [0.29, 0.717) is 43.3 Å². The first-order valence-corrected chi connectivity index (χ1v) is 12.5. The first-order valence-electron chi connectivity index (χ1n) is 12.5. The Morgan fingerprint density at radius 3 is 2.58 bits per heavy atom. The van der Waals surface area contributed by atoms with Gasteiger partial charge in [0.1, 0.15) is 11.5 Å². The average Bonchev–Trinajstić information content (AvgIpc) is 3.34. The van der Waals surface area contributed by atoms with Gasteiger partial charge in [0.05, 0.1) is 5.92 Å². The Balaban J connectivity index is 1.26. The summed E-state index contributed by atoms with van der Waals surface area (Å²) in [7, 11) is 0. The van der Waals surface area contributed by atoms with Gasteiger partial charge in [-0.25, -0.2) is 4.79 Å². The van der Waals surface area contributed by atoms with Crippen LogP contribution in [0.1, 0.15) is 41.0 Å². The molecule has 4 N–H and O–H groups in total. The van der Waals surface area contributed by atoms with Crippen LogP contribution in [0.5, 0.6) is 0 Å². The number of hydrogen-bond donors (Lipinski definition) is 4. The summed E-state index contributed by atoms with van der Waals surface area (Å²) in [5.74, 6) is -0.566. The Kier molecular flexibility index (Phi) is 7.53. The van der Waals surface area contributed by atoms with Crippen LogP contribution < -0.4 is 10.6 Å². The number of anilines is 1. The van der Waals surface area contributed by atoms with E-state index in [0.717, 1.165) is 22.3 Å². The van der Waals surface area contributed by atoms with E-state index in [4.69, 9.17) is 4.42 Å². The number of benzene rings is 3. The molecule has 194 valence electrons. The lowest BCUT2D eigenvalue weighted by Crippen LogP contribution is -2.28. The van der Waals surface area contributed by atoms with Gasteiger partial charge in [-0.2, -0.15) is 0 Å². The molecule has 0 radical (unpaired) electrons. The predicted molar refractivity (Wildman–Crippen MR) is 143 cm³/mol. The van der Waals surface area contributed by atoms with Crippen LogP contribution in [0.4, 0.5) is 10.5 Å². The molecule has 3 aromatic carbocycles. The molecule has 1 aliphatic rings. The van der Waals surface area contributed by atoms with E-state index in [9.17, 15) is 19.8 Å². The maximum atomic E-state index is 12.4. The number of urea groups is 1. The number of furan rings is 1. The summed E-state index contributed by atoms with van der Waals surface area (Å²) in [4.78, 5) is 26.0. The van der Waals surface area contributed by atoms with Gasteiger partial charge in [0, 0.05) is 30.9 Å². The lowest BCUT2D eigenvalue weighted by molar-refractivity contribution is -0.139. The highest BCUT2D eigenvalue weighted by molar-refractivity contribution is 5.90. The van der Waals surface area contributed by atoms with E-state index in [1.54, 1.807) is 24.3 Å². The van der Waals surface area contributed by atoms with Gasteiger partial charge >= 0.3 is 12.0 Å². The minimum atomic E-state index is -1.03. The minimum Gasteiger partial charge on any atom is -0.481 e. The highest BCUT2D eigenvalue weighted by atomic mass is 16.4. The number of nitrogens with one attached hydrogen (secondary N) is 2. The number of carboxylic acid groups (broad SMARTS) is 1. The van der Waals surface area contributed by atoms with Crippen LogP contribution >= 0.6 is 0 Å². The first-order chi connectivity index (χ1) is 18.5. The molecule has 2 heterocycles. The van der Waals surface area contributed by atoms with E-state index >= 15 is 0 Å². The van der Waals surface area contributed by atoms with Crippen molar-refractivity contribution in [3.63, 3.8) is 0 Å². The molecule has 0 saturated carbocycles. The summed E-state index contributed by atoms with van der Waals surface area (Å²) >= 11 is 0. The Morgan fingerprint density at radius 2 is 1.76 bits per heavy atom. The quantitative estimate of drug-likeness (QED) is 0.267. The van der Waals surface area contributed by atoms with Gasteiger partial charge < -0.3 is 25.3 Å². The van der Waals surface area contributed by atoms with Crippen LogP contribution in [-0.2, 0) is 17.9 Å². The third kappa shape index (κ3) is 5.77. The maximum Gasteiger partial charge on any atom is 0.319 e. The monoisotopic (exact) mass is 511 g/mol. The number of carbonyl (C=O) groups is 2. The molecule has 0 bridgehead atoms. The molecular weight excluding hydrogens is 482 g/mol. The van der Waals surface area contributed by atoms with Crippen LogP contribution in [0, 0.1) is 0 Å². The largest absolute Gasteiger partial charge is 0.481 e. The van der Waals surface area contributed by atoms with Crippen molar-refractivity contribution in [1.29, 1.82) is 0 Å². The van der Waals surface area contributed by atoms with E-state index in [1.165, 1.54) is 0 Å². The van der Waals surface area contributed by atoms with Gasteiger partial charge in [0.2, 0.25) is 0 Å². The lowest BCUT2D eigenvalue weighted by atomic mass is 9.93. The number of amides is 2. The zero-order valence-corrected chi connectivity index (χ0v) is 20.7. The summed E-state index contributed by atoms with van der Waals surface area (Å²) in [6.45, 7) is 1.23. The number of aliphatic hydroxyl groups is 1. The highest BCUT2D eigenvalue weighted by Crippen LogP contribution is 2.34. The fourth-order valence-corrected chi connectivity index (χ4v) is 4.76. The Hall–Kier alpha value is -4.40. The average molecular weight is 512 g/mol. The van der Waals surface area contributed by atoms with Gasteiger partial charge in [-0.05, 0) is 47.4 Å². The Labute approximate surface area is 220 Å². The van der Waals surface area contributed by atoms with Gasteiger partial charge in [0.25, 0.3) is 0 Å². The van der Waals surface area contributed by atoms with Crippen molar-refractivity contribution in [1.82, 2.24) is 10.2 Å². The fourth-order valence-electron chi connectivity index (χ4n) is 4.76. The van der Waals surface area contributed by atoms with Crippen LogP contribution in [-0.4, -0.2) is 33.7 Å². The van der Waals surface area contributed by atoms with Crippen molar-refractivity contribution < 1.29 is 24.2 Å². The van der Waals surface area contributed by atoms with E-state index in [2.05, 4.69) is 10.6 Å². The standard InChI is InChI=1S/C30H29N3O5/c34-28(33-16-15-25(29(35)36)24-12-5-4-9-22(24)19-33)27-14-13-26(38-27)21-10-6-11-23(17-21)32-30(37)31-18-20-7-2-1-3-8-20/h1-14,17,25,28,34H,15-16,18-19H2,(H,35,36)(H2,31,32,37). The van der Waals surface area contributed by atoms with Crippen molar-refractivity contribution in [2.45, 2.75) is 31.7 Å². The summed E-state index contributed by atoms with van der Waals surface area (Å²) in [6, 6.07) is 27.6. The number of carboxylic acids is 1. The third-order valence-corrected chi connectivity index (χ3v) is 6.74. The molecule has 8 heteroatoms. The fraction of sp³-hybridized carbons (Fsp3) is 0.200. The Bertz CT molecular complexity index is 1420. The van der Waals surface area contributed by atoms with Crippen molar-refractivity contribution >= 4 is 17.7 Å². The second kappa shape index (κ2) is 11.3. The molecule has 2 unspecified atom stereocenters. The molecule has 8 nitrogen and oxygen atoms in total. The predicted octanol–water partition coefficient (Wildman–Crippen LogP) is 5.33. The van der Waals surface area contributed by atoms with Crippen molar-refractivity contribution in [3.05, 3.63) is 113 Å². The minimum absolute atomic E-state index is 0.317. The summed E-state index contributed by atoms with van der Waals surface area (Å²) < 4.78 is 6.02. The number of nitrogens with zero attached hydrogens (tertiary/aromatic N) is 1. The molecule has 1 aromatic heterocycles. The second-order valence-electron chi connectivity index (χ2n) is 9.30. The topological polar surface area (TPSA) is 115 Å². The highest BCUT2D eigenvalue weighted by Gasteiger charge is 2.31. The molecule has 5 rings (SSSR count). The van der Waals surface area contributed by atoms with Crippen LogP contribution in [0.3, 0.4) is 0 Å². The third-order valence-electron chi connectivity index (χ3n) is 6.74. The lowest BCUT2D eigenvalue weighted by Gasteiger charge is -2.25. The van der Waals surface area contributed by atoms with Gasteiger partial charge in [-0.3, -0.25) is 9.69 Å². The smallest absolute Gasteiger partial charge is 0.319 e. The SMILES string of the molecule is O=C(NCc1ccccc1)Nc1cccc(-c2ccc(C(O)N3CCC(C(=O)O)c4ccccc4C3)o2)c1. The molecule has 2 amide bonds. The normalized spacial score (nSPS) is 16.2. The molecule has 0 spiro atoms. The number of rotatable bonds is 7. The van der Waals surface area contributed by atoms with Gasteiger partial charge in [-0.15, -0.1) is 0 Å². The molecule has 0 aliphatic carbocycles. The second-order valence-corrected chi connectivity index (χ2v) is 9.30. The van der Waals surface area contributed by atoms with Crippen molar-refractivity contribution in [3.8, 4) is 11.3 Å². The molecule has 1 aliphatic heterocycles. The number of aliphatic carboxylic acids is 1. The van der Waals surface area contributed by atoms with E-state index in [-0.39, 0.29) is 6.03 Å².